The van der Waals surface area contributed by atoms with Crippen molar-refractivity contribution in [3.8, 4) is 0 Å². The first-order chi connectivity index (χ1) is 6.18. The van der Waals surface area contributed by atoms with Crippen molar-refractivity contribution in [2.45, 2.75) is 0 Å². The molecule has 4 nitrogen and oxygen atoms in total. The van der Waals surface area contributed by atoms with Gasteiger partial charge in [0.25, 0.3) is 5.56 Å². The molecule has 1 heterocycles. The van der Waals surface area contributed by atoms with Gasteiger partial charge in [0.15, 0.2) is 0 Å². The van der Waals surface area contributed by atoms with E-state index in [9.17, 15) is 9.18 Å². The number of halogens is 1. The van der Waals surface area contributed by atoms with Gasteiger partial charge in [-0.3, -0.25) is 4.79 Å². The van der Waals surface area contributed by atoms with Crippen LogP contribution in [0.15, 0.2) is 23.3 Å². The summed E-state index contributed by atoms with van der Waals surface area (Å²) in [6.07, 6.45) is 1.21. The lowest BCUT2D eigenvalue weighted by Gasteiger charge is -1.99. The minimum absolute atomic E-state index is 0.101. The van der Waals surface area contributed by atoms with Gasteiger partial charge in [0.05, 0.1) is 17.2 Å². The molecule has 0 unspecified atom stereocenters. The average Bonchev–Trinajstić information content (AvgIpc) is 2.02. The number of nitrogens with one attached hydrogen (secondary N) is 1. The summed E-state index contributed by atoms with van der Waals surface area (Å²) < 4.78 is 12.8. The van der Waals surface area contributed by atoms with E-state index in [1.54, 1.807) is 0 Å². The van der Waals surface area contributed by atoms with Crippen molar-refractivity contribution in [1.29, 1.82) is 0 Å². The van der Waals surface area contributed by atoms with Crippen LogP contribution in [0.4, 0.5) is 10.1 Å². The van der Waals surface area contributed by atoms with Crippen molar-refractivity contribution < 1.29 is 4.39 Å². The van der Waals surface area contributed by atoms with Gasteiger partial charge in [0.1, 0.15) is 5.82 Å². The van der Waals surface area contributed by atoms with Gasteiger partial charge in [-0.15, -0.1) is 0 Å². The third-order valence-corrected chi connectivity index (χ3v) is 1.74. The molecule has 0 bridgehead atoms. The number of benzene rings is 1. The van der Waals surface area contributed by atoms with E-state index >= 15 is 0 Å². The van der Waals surface area contributed by atoms with Crippen LogP contribution < -0.4 is 11.3 Å². The zero-order chi connectivity index (χ0) is 9.42. The Balaban J connectivity index is 3.03. The predicted octanol–water partition coefficient (Wildman–Crippen LogP) is 0.644. The average molecular weight is 179 g/mol. The molecule has 5 heteroatoms. The molecule has 0 spiro atoms. The number of aromatic amines is 1. The molecule has 2 aromatic rings. The largest absolute Gasteiger partial charge is 0.398 e. The third-order valence-electron chi connectivity index (χ3n) is 1.74. The van der Waals surface area contributed by atoms with Gasteiger partial charge in [0, 0.05) is 11.8 Å². The van der Waals surface area contributed by atoms with E-state index < -0.39 is 5.82 Å². The van der Waals surface area contributed by atoms with Gasteiger partial charge in [0.2, 0.25) is 0 Å². The number of nitrogens with two attached hydrogens (primary N) is 1. The molecule has 0 fully saturated rings. The van der Waals surface area contributed by atoms with Crippen LogP contribution >= 0.6 is 0 Å². The number of anilines is 1. The summed E-state index contributed by atoms with van der Waals surface area (Å²) in [5.41, 5.74) is 5.47. The lowest BCUT2D eigenvalue weighted by molar-refractivity contribution is 0.630. The fourth-order valence-corrected chi connectivity index (χ4v) is 1.19. The molecule has 0 atom stereocenters. The molecule has 0 aliphatic carbocycles. The third kappa shape index (κ3) is 1.14. The molecule has 3 N–H and O–H groups in total. The highest BCUT2D eigenvalue weighted by Gasteiger charge is 2.05. The summed E-state index contributed by atoms with van der Waals surface area (Å²) in [5.74, 6) is -0.497. The van der Waals surface area contributed by atoms with Crippen molar-refractivity contribution in [2.24, 2.45) is 0 Å². The molecule has 0 saturated heterocycles. The highest BCUT2D eigenvalue weighted by atomic mass is 19.1. The summed E-state index contributed by atoms with van der Waals surface area (Å²) >= 11 is 0. The zero-order valence-corrected chi connectivity index (χ0v) is 6.54. The summed E-state index contributed by atoms with van der Waals surface area (Å²) in [6, 6.07) is 2.26. The van der Waals surface area contributed by atoms with Crippen LogP contribution in [0, 0.1) is 5.82 Å². The highest BCUT2D eigenvalue weighted by molar-refractivity contribution is 5.89. The normalized spacial score (nSPS) is 10.5. The molecule has 0 saturated carbocycles. The second-order valence-corrected chi connectivity index (χ2v) is 2.62. The van der Waals surface area contributed by atoms with E-state index in [0.717, 1.165) is 6.07 Å². The fourth-order valence-electron chi connectivity index (χ4n) is 1.19. The molecule has 0 amide bonds. The Morgan fingerprint density at radius 2 is 2.23 bits per heavy atom. The molecule has 66 valence electrons. The Bertz CT molecular complexity index is 520. The predicted molar refractivity (Wildman–Crippen MR) is 46.7 cm³/mol. The lowest BCUT2D eigenvalue weighted by atomic mass is 10.2. The van der Waals surface area contributed by atoms with Crippen LogP contribution in [-0.2, 0) is 0 Å². The Morgan fingerprint density at radius 1 is 1.46 bits per heavy atom. The van der Waals surface area contributed by atoms with Crippen LogP contribution in [0.5, 0.6) is 0 Å². The van der Waals surface area contributed by atoms with E-state index in [1.165, 1.54) is 12.4 Å². The number of aromatic nitrogens is 2. The van der Waals surface area contributed by atoms with Crippen molar-refractivity contribution in [1.82, 2.24) is 9.97 Å². The highest BCUT2D eigenvalue weighted by Crippen LogP contribution is 2.16. The first-order valence-electron chi connectivity index (χ1n) is 3.61. The molecule has 13 heavy (non-hydrogen) atoms. The number of rotatable bonds is 0. The van der Waals surface area contributed by atoms with Gasteiger partial charge >= 0.3 is 0 Å². The molecule has 1 aromatic carbocycles. The van der Waals surface area contributed by atoms with Gasteiger partial charge in [-0.25, -0.2) is 9.37 Å². The summed E-state index contributed by atoms with van der Waals surface area (Å²) in [7, 11) is 0. The minimum atomic E-state index is -0.497. The van der Waals surface area contributed by atoms with Crippen LogP contribution in [0.1, 0.15) is 0 Å². The maximum absolute atomic E-state index is 12.8. The Hall–Kier alpha value is -1.91. The molecule has 0 aliphatic heterocycles. The topological polar surface area (TPSA) is 71.8 Å². The SMILES string of the molecule is Nc1cc(F)cc2nc[nH]c(=O)c12. The molecule has 2 rings (SSSR count). The maximum Gasteiger partial charge on any atom is 0.260 e. The van der Waals surface area contributed by atoms with E-state index in [0.29, 0.717) is 0 Å². The van der Waals surface area contributed by atoms with Crippen molar-refractivity contribution in [3.05, 3.63) is 34.6 Å². The molecule has 0 aliphatic rings. The summed E-state index contributed by atoms with van der Waals surface area (Å²) in [5, 5.41) is 0.226. The van der Waals surface area contributed by atoms with E-state index in [1.807, 2.05) is 0 Å². The van der Waals surface area contributed by atoms with E-state index in [2.05, 4.69) is 9.97 Å². The molecule has 0 radical (unpaired) electrons. The van der Waals surface area contributed by atoms with Crippen molar-refractivity contribution >= 4 is 16.6 Å². The number of H-pyrrole nitrogens is 1. The molecule has 1 aromatic heterocycles. The number of nitrogen functional groups attached to an aromatic ring is 1. The van der Waals surface area contributed by atoms with E-state index in [4.69, 9.17) is 5.73 Å². The number of fused-ring (bicyclic) bond motifs is 1. The van der Waals surface area contributed by atoms with Gasteiger partial charge in [-0.1, -0.05) is 0 Å². The lowest BCUT2D eigenvalue weighted by Crippen LogP contribution is -2.08. The van der Waals surface area contributed by atoms with E-state index in [-0.39, 0.29) is 22.1 Å². The van der Waals surface area contributed by atoms with Crippen LogP contribution in [-0.4, -0.2) is 9.97 Å². The quantitative estimate of drug-likeness (QED) is 0.583. The summed E-state index contributed by atoms with van der Waals surface area (Å²) in [4.78, 5) is 17.4. The minimum Gasteiger partial charge on any atom is -0.398 e. The number of nitrogens with zero attached hydrogens (tertiary/aromatic N) is 1. The number of hydrogen-bond acceptors (Lipinski definition) is 3. The monoisotopic (exact) mass is 179 g/mol. The Morgan fingerprint density at radius 3 is 3.00 bits per heavy atom. The van der Waals surface area contributed by atoms with Crippen molar-refractivity contribution in [2.75, 3.05) is 5.73 Å². The number of hydrogen-bond donors (Lipinski definition) is 2. The maximum atomic E-state index is 12.8. The first-order valence-corrected chi connectivity index (χ1v) is 3.61. The van der Waals surface area contributed by atoms with Gasteiger partial charge < -0.3 is 10.7 Å². The fraction of sp³-hybridized carbons (Fsp3) is 0. The van der Waals surface area contributed by atoms with Gasteiger partial charge in [-0.05, 0) is 6.07 Å². The van der Waals surface area contributed by atoms with Crippen molar-refractivity contribution in [3.63, 3.8) is 0 Å². The van der Waals surface area contributed by atoms with Gasteiger partial charge in [-0.2, -0.15) is 0 Å². The van der Waals surface area contributed by atoms with Crippen LogP contribution in [0.25, 0.3) is 10.9 Å². The Kier molecular flexibility index (Phi) is 1.51. The van der Waals surface area contributed by atoms with Crippen LogP contribution in [0.3, 0.4) is 0 Å². The smallest absolute Gasteiger partial charge is 0.260 e. The second kappa shape index (κ2) is 2.55. The molecular formula is C8H6FN3O. The second-order valence-electron chi connectivity index (χ2n) is 2.62. The van der Waals surface area contributed by atoms with Crippen LogP contribution in [0.2, 0.25) is 0 Å². The zero-order valence-electron chi connectivity index (χ0n) is 6.54. The standard InChI is InChI=1S/C8H6FN3O/c9-4-1-5(10)7-6(2-4)11-3-12-8(7)13/h1-3H,10H2,(H,11,12,13). The summed E-state index contributed by atoms with van der Waals surface area (Å²) in [6.45, 7) is 0. The Labute approximate surface area is 72.2 Å². The molecular weight excluding hydrogens is 173 g/mol. The first kappa shape index (κ1) is 7.72.